The van der Waals surface area contributed by atoms with Crippen molar-refractivity contribution in [3.05, 3.63) is 23.4 Å². The number of nitrogens with two attached hydrogens (primary N) is 1. The molecule has 1 aromatic rings. The maximum atomic E-state index is 8.46. The van der Waals surface area contributed by atoms with E-state index in [1.807, 2.05) is 13.0 Å². The van der Waals surface area contributed by atoms with Gasteiger partial charge in [-0.3, -0.25) is 0 Å². The average molecular weight is 246 g/mol. The Kier molecular flexibility index (Phi) is 4.71. The van der Waals surface area contributed by atoms with Gasteiger partial charge in [-0.15, -0.1) is 11.8 Å². The summed E-state index contributed by atoms with van der Waals surface area (Å²) in [5.74, 6) is 0.957. The van der Waals surface area contributed by atoms with Crippen LogP contribution >= 0.6 is 23.4 Å². The lowest BCUT2D eigenvalue weighted by atomic mass is 10.2. The highest BCUT2D eigenvalue weighted by atomic mass is 35.5. The number of halogens is 1. The predicted octanol–water partition coefficient (Wildman–Crippen LogP) is 2.21. The van der Waals surface area contributed by atoms with Gasteiger partial charge in [0.15, 0.2) is 0 Å². The topological polar surface area (TPSA) is 71.5 Å². The van der Waals surface area contributed by atoms with Crippen LogP contribution in [0.3, 0.4) is 0 Å². The zero-order valence-corrected chi connectivity index (χ0v) is 9.79. The molecule has 0 aliphatic heterocycles. The van der Waals surface area contributed by atoms with Crippen LogP contribution in [0, 0.1) is 5.92 Å². The second-order valence-corrected chi connectivity index (χ2v) is 4.53. The van der Waals surface area contributed by atoms with Crippen LogP contribution in [0.2, 0.25) is 5.02 Å². The highest BCUT2D eigenvalue weighted by Gasteiger charge is 2.08. The molecule has 4 nitrogen and oxygen atoms in total. The molecule has 0 spiro atoms. The van der Waals surface area contributed by atoms with Crippen molar-refractivity contribution >= 4 is 29.2 Å². The van der Waals surface area contributed by atoms with E-state index < -0.39 is 0 Å². The molecule has 0 aliphatic carbocycles. The van der Waals surface area contributed by atoms with Crippen molar-refractivity contribution in [1.82, 2.24) is 4.98 Å². The Labute approximate surface area is 97.5 Å². The summed E-state index contributed by atoms with van der Waals surface area (Å²) in [6.45, 7) is 1.89. The third-order valence-corrected chi connectivity index (χ3v) is 3.23. The summed E-state index contributed by atoms with van der Waals surface area (Å²) in [7, 11) is 0. The van der Waals surface area contributed by atoms with E-state index in [0.29, 0.717) is 10.8 Å². The number of hydrogen-bond donors (Lipinski definition) is 2. The standard InChI is InChI=1S/C9H12ClN3OS/c1-6(9(11)13-14)5-15-8-3-2-7(10)4-12-8/h2-4,6,14H,5H2,1H3,(H2,11,13). The summed E-state index contributed by atoms with van der Waals surface area (Å²) in [6, 6.07) is 3.62. The van der Waals surface area contributed by atoms with Gasteiger partial charge in [-0.05, 0) is 12.1 Å². The minimum Gasteiger partial charge on any atom is -0.409 e. The first kappa shape index (κ1) is 12.1. The zero-order chi connectivity index (χ0) is 11.3. The molecular weight excluding hydrogens is 234 g/mol. The molecule has 1 unspecified atom stereocenters. The van der Waals surface area contributed by atoms with E-state index >= 15 is 0 Å². The van der Waals surface area contributed by atoms with Crippen molar-refractivity contribution in [2.75, 3.05) is 5.75 Å². The molecule has 1 atom stereocenters. The van der Waals surface area contributed by atoms with Crippen molar-refractivity contribution in [2.45, 2.75) is 11.9 Å². The maximum Gasteiger partial charge on any atom is 0.142 e. The van der Waals surface area contributed by atoms with Gasteiger partial charge in [0.25, 0.3) is 0 Å². The maximum absolute atomic E-state index is 8.46. The van der Waals surface area contributed by atoms with Crippen LogP contribution in [0.1, 0.15) is 6.92 Å². The smallest absolute Gasteiger partial charge is 0.142 e. The SMILES string of the molecule is CC(CSc1ccc(Cl)cn1)C(N)=NO. The fourth-order valence-corrected chi connectivity index (χ4v) is 1.84. The van der Waals surface area contributed by atoms with Gasteiger partial charge in [0.05, 0.1) is 10.0 Å². The number of hydrogen-bond acceptors (Lipinski definition) is 4. The number of amidine groups is 1. The molecule has 3 N–H and O–H groups in total. The van der Waals surface area contributed by atoms with Gasteiger partial charge >= 0.3 is 0 Å². The van der Waals surface area contributed by atoms with Crippen molar-refractivity contribution in [2.24, 2.45) is 16.8 Å². The van der Waals surface area contributed by atoms with Crippen LogP contribution in [0.25, 0.3) is 0 Å². The largest absolute Gasteiger partial charge is 0.409 e. The van der Waals surface area contributed by atoms with Crippen LogP contribution in [0.4, 0.5) is 0 Å². The number of nitrogens with zero attached hydrogens (tertiary/aromatic N) is 2. The minimum absolute atomic E-state index is 0.0116. The number of rotatable bonds is 4. The van der Waals surface area contributed by atoms with Crippen LogP contribution in [-0.4, -0.2) is 21.8 Å². The Morgan fingerprint density at radius 1 is 1.73 bits per heavy atom. The van der Waals surface area contributed by atoms with Gasteiger partial charge in [-0.25, -0.2) is 4.98 Å². The Morgan fingerprint density at radius 2 is 2.47 bits per heavy atom. The Bertz CT molecular complexity index is 342. The first-order valence-electron chi connectivity index (χ1n) is 4.35. The molecule has 0 radical (unpaired) electrons. The van der Waals surface area contributed by atoms with E-state index in [9.17, 15) is 0 Å². The molecule has 0 aliphatic rings. The predicted molar refractivity (Wildman–Crippen MR) is 62.5 cm³/mol. The number of aromatic nitrogens is 1. The van der Waals surface area contributed by atoms with Crippen LogP contribution in [-0.2, 0) is 0 Å². The lowest BCUT2D eigenvalue weighted by Gasteiger charge is -2.08. The molecule has 82 valence electrons. The summed E-state index contributed by atoms with van der Waals surface area (Å²) in [4.78, 5) is 4.12. The molecule has 0 bridgehead atoms. The fourth-order valence-electron chi connectivity index (χ4n) is 0.842. The first-order chi connectivity index (χ1) is 7.13. The molecule has 1 aromatic heterocycles. The molecular formula is C9H12ClN3OS. The van der Waals surface area contributed by atoms with E-state index in [1.54, 1.807) is 12.3 Å². The van der Waals surface area contributed by atoms with Gasteiger partial charge in [0, 0.05) is 17.9 Å². The van der Waals surface area contributed by atoms with Crippen LogP contribution in [0.5, 0.6) is 0 Å². The molecule has 0 saturated heterocycles. The van der Waals surface area contributed by atoms with Crippen LogP contribution < -0.4 is 5.73 Å². The summed E-state index contributed by atoms with van der Waals surface area (Å²) in [5.41, 5.74) is 5.45. The van der Waals surface area contributed by atoms with E-state index in [4.69, 9.17) is 22.5 Å². The van der Waals surface area contributed by atoms with E-state index in [2.05, 4.69) is 10.1 Å². The van der Waals surface area contributed by atoms with Crippen molar-refractivity contribution in [3.63, 3.8) is 0 Å². The second-order valence-electron chi connectivity index (χ2n) is 3.05. The van der Waals surface area contributed by atoms with Crippen molar-refractivity contribution in [3.8, 4) is 0 Å². The highest BCUT2D eigenvalue weighted by Crippen LogP contribution is 2.19. The zero-order valence-electron chi connectivity index (χ0n) is 8.22. The van der Waals surface area contributed by atoms with Gasteiger partial charge < -0.3 is 10.9 Å². The summed E-state index contributed by atoms with van der Waals surface area (Å²) < 4.78 is 0. The Balaban J connectivity index is 2.47. The average Bonchev–Trinajstić information content (AvgIpc) is 2.26. The Morgan fingerprint density at radius 3 is 3.00 bits per heavy atom. The summed E-state index contributed by atoms with van der Waals surface area (Å²) in [5, 5.41) is 12.9. The van der Waals surface area contributed by atoms with Gasteiger partial charge in [-0.1, -0.05) is 23.7 Å². The second kappa shape index (κ2) is 5.82. The molecule has 0 amide bonds. The molecule has 0 saturated carbocycles. The van der Waals surface area contributed by atoms with E-state index in [1.165, 1.54) is 11.8 Å². The summed E-state index contributed by atoms with van der Waals surface area (Å²) in [6.07, 6.45) is 1.60. The molecule has 0 fully saturated rings. The van der Waals surface area contributed by atoms with Crippen LogP contribution in [0.15, 0.2) is 28.5 Å². The normalized spacial score (nSPS) is 13.9. The number of thioether (sulfide) groups is 1. The third kappa shape index (κ3) is 3.97. The highest BCUT2D eigenvalue weighted by molar-refractivity contribution is 7.99. The fraction of sp³-hybridized carbons (Fsp3) is 0.333. The Hall–Kier alpha value is -0.940. The van der Waals surface area contributed by atoms with E-state index in [-0.39, 0.29) is 11.8 Å². The van der Waals surface area contributed by atoms with Crippen molar-refractivity contribution < 1.29 is 5.21 Å². The lowest BCUT2D eigenvalue weighted by molar-refractivity contribution is 0.315. The molecule has 15 heavy (non-hydrogen) atoms. The van der Waals surface area contributed by atoms with Gasteiger partial charge in [-0.2, -0.15) is 0 Å². The van der Waals surface area contributed by atoms with Gasteiger partial charge in [0.1, 0.15) is 5.84 Å². The first-order valence-corrected chi connectivity index (χ1v) is 5.71. The van der Waals surface area contributed by atoms with Gasteiger partial charge in [0.2, 0.25) is 0 Å². The summed E-state index contributed by atoms with van der Waals surface area (Å²) >= 11 is 7.24. The minimum atomic E-state index is 0.0116. The monoisotopic (exact) mass is 245 g/mol. The number of pyridine rings is 1. The third-order valence-electron chi connectivity index (χ3n) is 1.80. The number of oxime groups is 1. The van der Waals surface area contributed by atoms with E-state index in [0.717, 1.165) is 5.03 Å². The molecule has 1 heterocycles. The molecule has 1 rings (SSSR count). The molecule has 6 heteroatoms. The van der Waals surface area contributed by atoms with Crippen molar-refractivity contribution in [1.29, 1.82) is 0 Å². The lowest BCUT2D eigenvalue weighted by Crippen LogP contribution is -2.22. The quantitative estimate of drug-likeness (QED) is 0.281. The molecule has 0 aromatic carbocycles.